The number of aromatic nitrogens is 4. The highest BCUT2D eigenvalue weighted by Crippen LogP contribution is 2.22. The molecule has 0 bridgehead atoms. The van der Waals surface area contributed by atoms with Gasteiger partial charge in [-0.2, -0.15) is 0 Å². The average Bonchev–Trinajstić information content (AvgIpc) is 2.97. The predicted molar refractivity (Wildman–Crippen MR) is 68.9 cm³/mol. The van der Waals surface area contributed by atoms with E-state index >= 15 is 0 Å². The van der Waals surface area contributed by atoms with E-state index in [0.717, 1.165) is 5.01 Å². The van der Waals surface area contributed by atoms with Crippen LogP contribution in [-0.2, 0) is 11.3 Å². The van der Waals surface area contributed by atoms with Gasteiger partial charge in [0.2, 0.25) is 0 Å². The molecule has 2 aromatic rings. The van der Waals surface area contributed by atoms with Crippen molar-refractivity contribution in [1.29, 1.82) is 0 Å². The molecule has 0 radical (unpaired) electrons. The Morgan fingerprint density at radius 3 is 3.17 bits per heavy atom. The zero-order chi connectivity index (χ0) is 13.0. The molecule has 8 heteroatoms. The van der Waals surface area contributed by atoms with Crippen LogP contribution in [0.3, 0.4) is 0 Å². The Balaban J connectivity index is 2.01. The Kier molecular flexibility index (Phi) is 4.32. The number of thiazole rings is 1. The Morgan fingerprint density at radius 1 is 1.67 bits per heavy atom. The van der Waals surface area contributed by atoms with Gasteiger partial charge in [-0.3, -0.25) is 4.79 Å². The SMILES string of the molecule is CC(Cn1cnnc1SCC(=O)O)c1nccs1. The molecule has 0 aliphatic rings. The molecule has 2 aromatic heterocycles. The maximum atomic E-state index is 10.5. The van der Waals surface area contributed by atoms with Gasteiger partial charge in [-0.25, -0.2) is 4.98 Å². The first-order chi connectivity index (χ1) is 8.66. The van der Waals surface area contributed by atoms with Crippen molar-refractivity contribution in [3.8, 4) is 0 Å². The van der Waals surface area contributed by atoms with Crippen LogP contribution in [0, 0.1) is 0 Å². The second-order valence-corrected chi connectivity index (χ2v) is 5.59. The molecule has 1 N–H and O–H groups in total. The summed E-state index contributed by atoms with van der Waals surface area (Å²) >= 11 is 2.78. The van der Waals surface area contributed by atoms with Crippen molar-refractivity contribution in [1.82, 2.24) is 19.7 Å². The largest absolute Gasteiger partial charge is 0.481 e. The third-order valence-corrected chi connectivity index (χ3v) is 4.22. The molecule has 0 amide bonds. The Bertz CT molecular complexity index is 512. The monoisotopic (exact) mass is 284 g/mol. The molecule has 2 heterocycles. The van der Waals surface area contributed by atoms with E-state index in [1.807, 2.05) is 9.95 Å². The molecule has 18 heavy (non-hydrogen) atoms. The molecule has 96 valence electrons. The lowest BCUT2D eigenvalue weighted by Gasteiger charge is -2.10. The number of carboxylic acids is 1. The summed E-state index contributed by atoms with van der Waals surface area (Å²) in [4.78, 5) is 14.8. The zero-order valence-corrected chi connectivity index (χ0v) is 11.3. The highest BCUT2D eigenvalue weighted by atomic mass is 32.2. The molecular weight excluding hydrogens is 272 g/mol. The first-order valence-electron chi connectivity index (χ1n) is 5.28. The summed E-state index contributed by atoms with van der Waals surface area (Å²) in [5.74, 6) is -0.614. The number of thioether (sulfide) groups is 1. The number of aliphatic carboxylic acids is 1. The summed E-state index contributed by atoms with van der Waals surface area (Å²) in [6.07, 6.45) is 3.40. The molecule has 1 atom stereocenters. The van der Waals surface area contributed by atoms with E-state index < -0.39 is 5.97 Å². The molecule has 0 aliphatic carbocycles. The molecule has 0 fully saturated rings. The van der Waals surface area contributed by atoms with Crippen molar-refractivity contribution in [3.63, 3.8) is 0 Å². The summed E-state index contributed by atoms with van der Waals surface area (Å²) in [6, 6.07) is 0. The van der Waals surface area contributed by atoms with E-state index in [1.165, 1.54) is 11.8 Å². The van der Waals surface area contributed by atoms with E-state index in [1.54, 1.807) is 23.9 Å². The Morgan fingerprint density at radius 2 is 2.50 bits per heavy atom. The molecule has 0 spiro atoms. The lowest BCUT2D eigenvalue weighted by molar-refractivity contribution is -0.133. The molecule has 2 rings (SSSR count). The topological polar surface area (TPSA) is 80.9 Å². The molecular formula is C10H12N4O2S2. The fourth-order valence-corrected chi connectivity index (χ4v) is 2.79. The normalized spacial score (nSPS) is 12.5. The van der Waals surface area contributed by atoms with E-state index in [-0.39, 0.29) is 11.7 Å². The van der Waals surface area contributed by atoms with Crippen molar-refractivity contribution in [2.45, 2.75) is 24.5 Å². The third kappa shape index (κ3) is 3.30. The summed E-state index contributed by atoms with van der Waals surface area (Å²) in [5.41, 5.74) is 0. The predicted octanol–water partition coefficient (Wildman–Crippen LogP) is 1.72. The quantitative estimate of drug-likeness (QED) is 0.813. The van der Waals surface area contributed by atoms with Gasteiger partial charge in [0.25, 0.3) is 0 Å². The average molecular weight is 284 g/mol. The maximum absolute atomic E-state index is 10.5. The molecule has 6 nitrogen and oxygen atoms in total. The van der Waals surface area contributed by atoms with Crippen molar-refractivity contribution in [3.05, 3.63) is 22.9 Å². The second kappa shape index (κ2) is 5.96. The van der Waals surface area contributed by atoms with Crippen LogP contribution in [0.15, 0.2) is 23.1 Å². The standard InChI is InChI=1S/C10H12N4O2S2/c1-7(9-11-2-3-17-9)4-14-6-12-13-10(14)18-5-8(15)16/h2-3,6-7H,4-5H2,1H3,(H,15,16). The fraction of sp³-hybridized carbons (Fsp3) is 0.400. The number of rotatable bonds is 6. The molecule has 0 aromatic carbocycles. The van der Waals surface area contributed by atoms with Crippen molar-refractivity contribution < 1.29 is 9.90 Å². The Labute approximate surface area is 112 Å². The first-order valence-corrected chi connectivity index (χ1v) is 7.15. The number of nitrogens with zero attached hydrogens (tertiary/aromatic N) is 4. The summed E-state index contributed by atoms with van der Waals surface area (Å²) < 4.78 is 1.86. The maximum Gasteiger partial charge on any atom is 0.313 e. The van der Waals surface area contributed by atoms with E-state index in [9.17, 15) is 4.79 Å². The van der Waals surface area contributed by atoms with Crippen LogP contribution in [0.1, 0.15) is 17.8 Å². The number of carbonyl (C=O) groups is 1. The first kappa shape index (κ1) is 13.0. The van der Waals surface area contributed by atoms with Crippen molar-refractivity contribution >= 4 is 29.1 Å². The lowest BCUT2D eigenvalue weighted by Crippen LogP contribution is -2.07. The minimum absolute atomic E-state index is 0.00960. The van der Waals surface area contributed by atoms with Gasteiger partial charge in [-0.1, -0.05) is 18.7 Å². The minimum atomic E-state index is -0.859. The summed E-state index contributed by atoms with van der Waals surface area (Å²) in [6.45, 7) is 2.77. The highest BCUT2D eigenvalue weighted by Gasteiger charge is 2.13. The number of hydrogen-bond donors (Lipinski definition) is 1. The van der Waals surface area contributed by atoms with E-state index in [4.69, 9.17) is 5.11 Å². The van der Waals surface area contributed by atoms with Crippen LogP contribution >= 0.6 is 23.1 Å². The van der Waals surface area contributed by atoms with Gasteiger partial charge in [0, 0.05) is 24.0 Å². The zero-order valence-electron chi connectivity index (χ0n) is 9.68. The van der Waals surface area contributed by atoms with Crippen molar-refractivity contribution in [2.24, 2.45) is 0 Å². The molecule has 0 aliphatic heterocycles. The van der Waals surface area contributed by atoms with E-state index in [0.29, 0.717) is 11.7 Å². The van der Waals surface area contributed by atoms with Gasteiger partial charge in [0.05, 0.1) is 10.8 Å². The van der Waals surface area contributed by atoms with E-state index in [2.05, 4.69) is 22.1 Å². The second-order valence-electron chi connectivity index (χ2n) is 3.72. The van der Waals surface area contributed by atoms with Gasteiger partial charge < -0.3 is 9.67 Å². The van der Waals surface area contributed by atoms with Gasteiger partial charge in [0.1, 0.15) is 6.33 Å². The summed E-state index contributed by atoms with van der Waals surface area (Å²) in [5, 5.41) is 20.0. The Hall–Kier alpha value is -1.41. The van der Waals surface area contributed by atoms with Gasteiger partial charge in [-0.05, 0) is 0 Å². The van der Waals surface area contributed by atoms with Crippen LogP contribution in [0.4, 0.5) is 0 Å². The van der Waals surface area contributed by atoms with Crippen molar-refractivity contribution in [2.75, 3.05) is 5.75 Å². The van der Waals surface area contributed by atoms with Gasteiger partial charge in [-0.15, -0.1) is 21.5 Å². The van der Waals surface area contributed by atoms with Crippen LogP contribution in [0.25, 0.3) is 0 Å². The fourth-order valence-electron chi connectivity index (χ4n) is 1.46. The van der Waals surface area contributed by atoms with Crippen LogP contribution in [0.5, 0.6) is 0 Å². The summed E-state index contributed by atoms with van der Waals surface area (Å²) in [7, 11) is 0. The number of carboxylic acid groups (broad SMARTS) is 1. The lowest BCUT2D eigenvalue weighted by atomic mass is 10.2. The minimum Gasteiger partial charge on any atom is -0.481 e. The van der Waals surface area contributed by atoms with Gasteiger partial charge >= 0.3 is 5.97 Å². The molecule has 0 saturated heterocycles. The van der Waals surface area contributed by atoms with Crippen LogP contribution in [0.2, 0.25) is 0 Å². The van der Waals surface area contributed by atoms with Gasteiger partial charge in [0.15, 0.2) is 5.16 Å². The number of hydrogen-bond acceptors (Lipinski definition) is 6. The smallest absolute Gasteiger partial charge is 0.313 e. The van der Waals surface area contributed by atoms with Crippen LogP contribution in [-0.4, -0.2) is 36.6 Å². The highest BCUT2D eigenvalue weighted by molar-refractivity contribution is 7.99. The molecule has 0 saturated carbocycles. The third-order valence-electron chi connectivity index (χ3n) is 2.25. The van der Waals surface area contributed by atoms with Crippen LogP contribution < -0.4 is 0 Å². The molecule has 1 unspecified atom stereocenters.